The van der Waals surface area contributed by atoms with Gasteiger partial charge < -0.3 is 0 Å². The van der Waals surface area contributed by atoms with Crippen molar-refractivity contribution >= 4 is 11.9 Å². The van der Waals surface area contributed by atoms with Gasteiger partial charge in [-0.25, -0.2) is 4.39 Å². The van der Waals surface area contributed by atoms with Gasteiger partial charge in [0.25, 0.3) is 0 Å². The highest BCUT2D eigenvalue weighted by Gasteiger charge is 2.26. The lowest BCUT2D eigenvalue weighted by atomic mass is 9.88. The third kappa shape index (κ3) is 3.39. The number of aromatic amines is 1. The van der Waals surface area contributed by atoms with Crippen molar-refractivity contribution in [3.63, 3.8) is 0 Å². The first-order valence-electron chi connectivity index (χ1n) is 8.80. The summed E-state index contributed by atoms with van der Waals surface area (Å²) in [6, 6.07) is 10.6. The van der Waals surface area contributed by atoms with Crippen LogP contribution in [0, 0.1) is 5.82 Å². The Balaban J connectivity index is 1.76. The maximum absolute atomic E-state index is 13.3. The number of benzene rings is 1. The van der Waals surface area contributed by atoms with Gasteiger partial charge in [0.05, 0.1) is 0 Å². The Morgan fingerprint density at radius 3 is 2.38 bits per heavy atom. The van der Waals surface area contributed by atoms with E-state index in [0.717, 1.165) is 48.3 Å². The second kappa shape index (κ2) is 7.60. The van der Waals surface area contributed by atoms with Crippen molar-refractivity contribution in [3.05, 3.63) is 60.3 Å². The van der Waals surface area contributed by atoms with Crippen LogP contribution in [0.3, 0.4) is 0 Å². The summed E-state index contributed by atoms with van der Waals surface area (Å²) in [5.41, 5.74) is 5.18. The van der Waals surface area contributed by atoms with Crippen molar-refractivity contribution in [3.8, 4) is 22.4 Å². The number of pyridine rings is 1. The number of H-pyrrole nitrogens is 1. The molecule has 0 spiro atoms. The van der Waals surface area contributed by atoms with E-state index in [-0.39, 0.29) is 5.82 Å². The summed E-state index contributed by atoms with van der Waals surface area (Å²) < 4.78 is 15.8. The molecule has 6 heteroatoms. The van der Waals surface area contributed by atoms with E-state index in [1.54, 1.807) is 24.5 Å². The van der Waals surface area contributed by atoms with Crippen LogP contribution in [0.15, 0.2) is 48.8 Å². The normalized spacial score (nSPS) is 16.1. The molecule has 0 unspecified atom stereocenters. The van der Waals surface area contributed by atoms with E-state index < -0.39 is 0 Å². The van der Waals surface area contributed by atoms with Gasteiger partial charge in [-0.2, -0.15) is 5.10 Å². The van der Waals surface area contributed by atoms with Crippen molar-refractivity contribution in [2.45, 2.75) is 18.8 Å². The first-order chi connectivity index (χ1) is 12.8. The van der Waals surface area contributed by atoms with E-state index >= 15 is 0 Å². The van der Waals surface area contributed by atoms with Gasteiger partial charge >= 0.3 is 0 Å². The molecule has 1 saturated heterocycles. The maximum Gasteiger partial charge on any atom is 0.123 e. The van der Waals surface area contributed by atoms with Crippen LogP contribution < -0.4 is 0 Å². The average Bonchev–Trinajstić information content (AvgIpc) is 3.14. The molecular weight excluding hydrogens is 347 g/mol. The number of aromatic nitrogens is 3. The van der Waals surface area contributed by atoms with Crippen LogP contribution in [-0.2, 0) is 0 Å². The molecule has 0 bridgehead atoms. The highest BCUT2D eigenvalue weighted by molar-refractivity contribution is 7.96. The van der Waals surface area contributed by atoms with Gasteiger partial charge in [-0.15, -0.1) is 0 Å². The van der Waals surface area contributed by atoms with Gasteiger partial charge in [0, 0.05) is 48.2 Å². The van der Waals surface area contributed by atoms with Gasteiger partial charge in [-0.3, -0.25) is 14.4 Å². The van der Waals surface area contributed by atoms with E-state index in [1.165, 1.54) is 17.8 Å². The Labute approximate surface area is 157 Å². The summed E-state index contributed by atoms with van der Waals surface area (Å²) in [7, 11) is 0. The Hall–Kier alpha value is -2.18. The molecule has 0 amide bonds. The summed E-state index contributed by atoms with van der Waals surface area (Å²) in [5.74, 6) is 0.211. The SMILES string of the molecule is CSN1CCC(c2[nH]nc(-c3ccc(F)cc3)c2-c2ccncc2)CC1. The molecule has 1 N–H and O–H groups in total. The molecule has 4 rings (SSSR count). The number of rotatable bonds is 4. The lowest BCUT2D eigenvalue weighted by Gasteiger charge is -2.30. The minimum atomic E-state index is -0.237. The first kappa shape index (κ1) is 17.2. The first-order valence-corrected chi connectivity index (χ1v) is 9.98. The van der Waals surface area contributed by atoms with Crippen molar-refractivity contribution in [2.75, 3.05) is 19.3 Å². The zero-order valence-electron chi connectivity index (χ0n) is 14.7. The van der Waals surface area contributed by atoms with Crippen molar-refractivity contribution < 1.29 is 4.39 Å². The molecule has 1 fully saturated rings. The molecule has 0 saturated carbocycles. The van der Waals surface area contributed by atoms with Crippen LogP contribution in [0.1, 0.15) is 24.5 Å². The average molecular weight is 368 g/mol. The summed E-state index contributed by atoms with van der Waals surface area (Å²) in [5, 5.41) is 7.92. The van der Waals surface area contributed by atoms with Crippen LogP contribution in [-0.4, -0.2) is 38.8 Å². The van der Waals surface area contributed by atoms with E-state index in [9.17, 15) is 4.39 Å². The summed E-state index contributed by atoms with van der Waals surface area (Å²) in [6.45, 7) is 2.15. The van der Waals surface area contributed by atoms with Gasteiger partial charge in [0.2, 0.25) is 0 Å². The minimum absolute atomic E-state index is 0.237. The predicted octanol–water partition coefficient (Wildman–Crippen LogP) is 4.74. The zero-order valence-corrected chi connectivity index (χ0v) is 15.5. The van der Waals surface area contributed by atoms with E-state index in [0.29, 0.717) is 5.92 Å². The van der Waals surface area contributed by atoms with Crippen molar-refractivity contribution in [2.24, 2.45) is 0 Å². The number of nitrogens with one attached hydrogen (secondary N) is 1. The van der Waals surface area contributed by atoms with E-state index in [4.69, 9.17) is 0 Å². The van der Waals surface area contributed by atoms with Crippen molar-refractivity contribution in [1.29, 1.82) is 0 Å². The smallest absolute Gasteiger partial charge is 0.123 e. The fourth-order valence-corrected chi connectivity index (χ4v) is 4.18. The fourth-order valence-electron chi connectivity index (χ4n) is 3.61. The molecule has 0 aliphatic carbocycles. The number of hydrogen-bond donors (Lipinski definition) is 1. The highest BCUT2D eigenvalue weighted by Crippen LogP contribution is 2.40. The van der Waals surface area contributed by atoms with Gasteiger partial charge in [0.1, 0.15) is 11.5 Å². The minimum Gasteiger partial charge on any atom is -0.281 e. The molecule has 2 aromatic heterocycles. The molecule has 0 radical (unpaired) electrons. The Morgan fingerprint density at radius 2 is 1.73 bits per heavy atom. The molecule has 134 valence electrons. The topological polar surface area (TPSA) is 44.8 Å². The monoisotopic (exact) mass is 368 g/mol. The largest absolute Gasteiger partial charge is 0.281 e. The molecule has 4 nitrogen and oxygen atoms in total. The lowest BCUT2D eigenvalue weighted by Crippen LogP contribution is -2.27. The van der Waals surface area contributed by atoms with Gasteiger partial charge in [0.15, 0.2) is 0 Å². The third-order valence-corrected chi connectivity index (χ3v) is 5.88. The third-order valence-electron chi connectivity index (χ3n) is 5.00. The molecule has 0 atom stereocenters. The maximum atomic E-state index is 13.3. The van der Waals surface area contributed by atoms with Crippen LogP contribution in [0.25, 0.3) is 22.4 Å². The standard InChI is InChI=1S/C20H21FN4S/c1-26-25-12-8-16(9-13-25)20-18(14-6-10-22-11-7-14)19(23-24-20)15-2-4-17(21)5-3-15/h2-7,10-11,16H,8-9,12-13H2,1H3,(H,23,24). The fraction of sp³-hybridized carbons (Fsp3) is 0.300. The number of halogens is 1. The number of nitrogens with zero attached hydrogens (tertiary/aromatic N) is 3. The molecule has 1 aromatic carbocycles. The highest BCUT2D eigenvalue weighted by atomic mass is 32.2. The van der Waals surface area contributed by atoms with E-state index in [2.05, 4.69) is 25.7 Å². The summed E-state index contributed by atoms with van der Waals surface area (Å²) in [4.78, 5) is 4.14. The second-order valence-electron chi connectivity index (χ2n) is 6.49. The second-order valence-corrected chi connectivity index (χ2v) is 7.37. The Morgan fingerprint density at radius 1 is 1.04 bits per heavy atom. The molecule has 1 aliphatic heterocycles. The molecular formula is C20H21FN4S. The Kier molecular flexibility index (Phi) is 5.04. The quantitative estimate of drug-likeness (QED) is 0.676. The van der Waals surface area contributed by atoms with E-state index in [1.807, 2.05) is 24.1 Å². The molecule has 3 heterocycles. The van der Waals surface area contributed by atoms with Gasteiger partial charge in [-0.1, -0.05) is 11.9 Å². The molecule has 1 aliphatic rings. The summed E-state index contributed by atoms with van der Waals surface area (Å²) >= 11 is 1.81. The predicted molar refractivity (Wildman–Crippen MR) is 104 cm³/mol. The molecule has 3 aromatic rings. The van der Waals surface area contributed by atoms with Crippen LogP contribution in [0.2, 0.25) is 0 Å². The van der Waals surface area contributed by atoms with Crippen LogP contribution >= 0.6 is 11.9 Å². The number of piperidine rings is 1. The Bertz CT molecular complexity index is 855. The molecule has 26 heavy (non-hydrogen) atoms. The van der Waals surface area contributed by atoms with Crippen LogP contribution in [0.4, 0.5) is 4.39 Å². The van der Waals surface area contributed by atoms with Crippen LogP contribution in [0.5, 0.6) is 0 Å². The lowest BCUT2D eigenvalue weighted by molar-refractivity contribution is 0.343. The van der Waals surface area contributed by atoms with Crippen molar-refractivity contribution in [1.82, 2.24) is 19.5 Å². The zero-order chi connectivity index (χ0) is 17.9. The summed E-state index contributed by atoms with van der Waals surface area (Å²) in [6.07, 6.45) is 7.94. The van der Waals surface area contributed by atoms with Gasteiger partial charge in [-0.05, 0) is 61.1 Å². The number of hydrogen-bond acceptors (Lipinski definition) is 4.